The van der Waals surface area contributed by atoms with E-state index in [1.54, 1.807) is 30.5 Å². The average Bonchev–Trinajstić information content (AvgIpc) is 3.16. The van der Waals surface area contributed by atoms with Gasteiger partial charge in [-0.05, 0) is 49.7 Å². The van der Waals surface area contributed by atoms with E-state index in [0.29, 0.717) is 11.3 Å². The Labute approximate surface area is 184 Å². The van der Waals surface area contributed by atoms with Gasteiger partial charge in [-0.25, -0.2) is 4.79 Å². The van der Waals surface area contributed by atoms with Gasteiger partial charge < -0.3 is 20.7 Å². The largest absolute Gasteiger partial charge is 0.480 e. The number of amides is 2. The molecule has 1 aromatic heterocycles. The molecular weight excluding hydrogens is 410 g/mol. The monoisotopic (exact) mass is 433 g/mol. The molecule has 0 saturated carbocycles. The SMILES string of the molecule is CC(=O)c1ccc(NC(=O)/C(C)=C\C(=O)NC(Cc2c[nH]c3ccccc23)C(=O)O)cc1. The highest BCUT2D eigenvalue weighted by molar-refractivity contribution is 6.07. The molecule has 2 aromatic carbocycles. The maximum Gasteiger partial charge on any atom is 0.326 e. The van der Waals surface area contributed by atoms with Crippen molar-refractivity contribution in [1.82, 2.24) is 10.3 Å². The van der Waals surface area contributed by atoms with E-state index < -0.39 is 23.8 Å². The van der Waals surface area contributed by atoms with Crippen LogP contribution in [0.1, 0.15) is 29.8 Å². The molecule has 164 valence electrons. The third-order valence-electron chi connectivity index (χ3n) is 4.97. The number of nitrogens with one attached hydrogen (secondary N) is 3. The van der Waals surface area contributed by atoms with Gasteiger partial charge in [0.2, 0.25) is 5.91 Å². The van der Waals surface area contributed by atoms with Gasteiger partial charge >= 0.3 is 5.97 Å². The van der Waals surface area contributed by atoms with Crippen molar-refractivity contribution in [2.24, 2.45) is 0 Å². The zero-order valence-electron chi connectivity index (χ0n) is 17.6. The summed E-state index contributed by atoms with van der Waals surface area (Å²) in [5, 5.41) is 15.5. The fourth-order valence-electron chi connectivity index (χ4n) is 3.21. The lowest BCUT2D eigenvalue weighted by Crippen LogP contribution is -2.41. The topological polar surface area (TPSA) is 128 Å². The van der Waals surface area contributed by atoms with E-state index >= 15 is 0 Å². The number of rotatable bonds is 8. The van der Waals surface area contributed by atoms with Crippen molar-refractivity contribution in [2.45, 2.75) is 26.3 Å². The molecule has 0 fully saturated rings. The molecule has 2 amide bonds. The molecule has 3 aromatic rings. The van der Waals surface area contributed by atoms with Crippen LogP contribution in [0.3, 0.4) is 0 Å². The van der Waals surface area contributed by atoms with Gasteiger partial charge in [0.1, 0.15) is 6.04 Å². The van der Waals surface area contributed by atoms with Crippen molar-refractivity contribution in [1.29, 1.82) is 0 Å². The summed E-state index contributed by atoms with van der Waals surface area (Å²) in [4.78, 5) is 50.8. The molecule has 0 saturated heterocycles. The summed E-state index contributed by atoms with van der Waals surface area (Å²) in [6.07, 6.45) is 2.87. The molecular formula is C24H23N3O5. The van der Waals surface area contributed by atoms with Crippen molar-refractivity contribution in [3.05, 3.63) is 77.5 Å². The van der Waals surface area contributed by atoms with Gasteiger partial charge in [0.25, 0.3) is 5.91 Å². The Kier molecular flexibility index (Phi) is 6.84. The number of fused-ring (bicyclic) bond motifs is 1. The predicted molar refractivity (Wildman–Crippen MR) is 120 cm³/mol. The number of carboxylic acid groups (broad SMARTS) is 1. The highest BCUT2D eigenvalue weighted by Crippen LogP contribution is 2.19. The minimum absolute atomic E-state index is 0.0868. The average molecular weight is 433 g/mol. The molecule has 4 N–H and O–H groups in total. The number of aromatic amines is 1. The van der Waals surface area contributed by atoms with Crippen LogP contribution in [0.4, 0.5) is 5.69 Å². The van der Waals surface area contributed by atoms with Crippen LogP contribution in [-0.4, -0.2) is 39.7 Å². The Bertz CT molecular complexity index is 1210. The Morgan fingerprint density at radius 3 is 2.38 bits per heavy atom. The van der Waals surface area contributed by atoms with Gasteiger partial charge in [-0.1, -0.05) is 18.2 Å². The van der Waals surface area contributed by atoms with Crippen LogP contribution < -0.4 is 10.6 Å². The Morgan fingerprint density at radius 1 is 1.03 bits per heavy atom. The lowest BCUT2D eigenvalue weighted by molar-refractivity contribution is -0.141. The summed E-state index contributed by atoms with van der Waals surface area (Å²) in [5.41, 5.74) is 2.73. The number of benzene rings is 2. The summed E-state index contributed by atoms with van der Waals surface area (Å²) in [6.45, 7) is 2.90. The predicted octanol–water partition coefficient (Wildman–Crippen LogP) is 3.07. The Morgan fingerprint density at radius 2 is 1.72 bits per heavy atom. The van der Waals surface area contributed by atoms with E-state index in [4.69, 9.17) is 0 Å². The standard InChI is InChI=1S/C24H23N3O5/c1-14(23(30)26-18-9-7-16(8-10-18)15(2)28)11-22(29)27-21(24(31)32)12-17-13-25-20-6-4-3-5-19(17)20/h3-11,13,21,25H,12H2,1-2H3,(H,26,30)(H,27,29)(H,31,32)/b14-11-. The molecule has 0 aliphatic heterocycles. The summed E-state index contributed by atoms with van der Waals surface area (Å²) >= 11 is 0. The number of ketones is 1. The smallest absolute Gasteiger partial charge is 0.326 e. The summed E-state index contributed by atoms with van der Waals surface area (Å²) in [5.74, 6) is -2.46. The second kappa shape index (κ2) is 9.74. The van der Waals surface area contributed by atoms with Crippen molar-refractivity contribution in [3.8, 4) is 0 Å². The van der Waals surface area contributed by atoms with E-state index in [1.165, 1.54) is 13.8 Å². The summed E-state index contributed by atoms with van der Waals surface area (Å²) in [6, 6.07) is 12.7. The molecule has 0 radical (unpaired) electrons. The first kappa shape index (κ1) is 22.5. The molecule has 1 atom stereocenters. The number of hydrogen-bond donors (Lipinski definition) is 4. The summed E-state index contributed by atoms with van der Waals surface area (Å²) < 4.78 is 0. The fourth-order valence-corrected chi connectivity index (χ4v) is 3.21. The number of anilines is 1. The lowest BCUT2D eigenvalue weighted by atomic mass is 10.0. The van der Waals surface area contributed by atoms with Crippen LogP contribution in [0.15, 0.2) is 66.4 Å². The van der Waals surface area contributed by atoms with Crippen molar-refractivity contribution >= 4 is 40.2 Å². The maximum atomic E-state index is 12.4. The van der Waals surface area contributed by atoms with Crippen LogP contribution in [0, 0.1) is 0 Å². The minimum atomic E-state index is -1.18. The quantitative estimate of drug-likeness (QED) is 0.321. The molecule has 1 heterocycles. The number of Topliss-reactive ketones (excluding diaryl/α,β-unsaturated/α-hetero) is 1. The number of carbonyl (C=O) groups excluding carboxylic acids is 3. The molecule has 8 heteroatoms. The first-order valence-corrected chi connectivity index (χ1v) is 9.93. The van der Waals surface area contributed by atoms with E-state index in [0.717, 1.165) is 22.5 Å². The minimum Gasteiger partial charge on any atom is -0.480 e. The van der Waals surface area contributed by atoms with Crippen LogP contribution in [0.5, 0.6) is 0 Å². The van der Waals surface area contributed by atoms with E-state index in [9.17, 15) is 24.3 Å². The second-order valence-corrected chi connectivity index (χ2v) is 7.38. The maximum absolute atomic E-state index is 12.4. The van der Waals surface area contributed by atoms with Crippen molar-refractivity contribution in [2.75, 3.05) is 5.32 Å². The van der Waals surface area contributed by atoms with Gasteiger partial charge in [0.05, 0.1) is 0 Å². The number of aliphatic carboxylic acids is 1. The van der Waals surface area contributed by atoms with Gasteiger partial charge in [0.15, 0.2) is 5.78 Å². The third kappa shape index (κ3) is 5.48. The second-order valence-electron chi connectivity index (χ2n) is 7.38. The molecule has 0 aliphatic rings. The highest BCUT2D eigenvalue weighted by Gasteiger charge is 2.21. The number of carbonyl (C=O) groups is 4. The van der Waals surface area contributed by atoms with E-state index in [-0.39, 0.29) is 17.8 Å². The van der Waals surface area contributed by atoms with Crippen LogP contribution in [0.2, 0.25) is 0 Å². The zero-order valence-corrected chi connectivity index (χ0v) is 17.6. The van der Waals surface area contributed by atoms with Gasteiger partial charge in [-0.3, -0.25) is 14.4 Å². The molecule has 0 bridgehead atoms. The van der Waals surface area contributed by atoms with Gasteiger partial charge in [-0.15, -0.1) is 0 Å². The van der Waals surface area contributed by atoms with Crippen LogP contribution >= 0.6 is 0 Å². The van der Waals surface area contributed by atoms with Crippen LogP contribution in [-0.2, 0) is 20.8 Å². The highest BCUT2D eigenvalue weighted by atomic mass is 16.4. The number of para-hydroxylation sites is 1. The summed E-state index contributed by atoms with van der Waals surface area (Å²) in [7, 11) is 0. The fraction of sp³-hybridized carbons (Fsp3) is 0.167. The van der Waals surface area contributed by atoms with E-state index in [2.05, 4.69) is 15.6 Å². The molecule has 1 unspecified atom stereocenters. The first-order chi connectivity index (χ1) is 15.2. The molecule has 0 aliphatic carbocycles. The molecule has 32 heavy (non-hydrogen) atoms. The molecule has 0 spiro atoms. The number of aromatic nitrogens is 1. The zero-order chi connectivity index (χ0) is 23.3. The number of H-pyrrole nitrogens is 1. The molecule has 8 nitrogen and oxygen atoms in total. The van der Waals surface area contributed by atoms with Crippen molar-refractivity contribution in [3.63, 3.8) is 0 Å². The van der Waals surface area contributed by atoms with Crippen molar-refractivity contribution < 1.29 is 24.3 Å². The van der Waals surface area contributed by atoms with Gasteiger partial charge in [-0.2, -0.15) is 0 Å². The molecule has 3 rings (SSSR count). The normalized spacial score (nSPS) is 12.2. The van der Waals surface area contributed by atoms with Gasteiger partial charge in [0, 0.05) is 46.4 Å². The lowest BCUT2D eigenvalue weighted by Gasteiger charge is -2.13. The first-order valence-electron chi connectivity index (χ1n) is 9.93. The Hall–Kier alpha value is -4.20. The van der Waals surface area contributed by atoms with Crippen LogP contribution in [0.25, 0.3) is 10.9 Å². The van der Waals surface area contributed by atoms with E-state index in [1.807, 2.05) is 24.3 Å². The third-order valence-corrected chi connectivity index (χ3v) is 4.97. The number of carboxylic acids is 1. The number of hydrogen-bond acceptors (Lipinski definition) is 4. The Balaban J connectivity index is 1.64.